The van der Waals surface area contributed by atoms with E-state index in [-0.39, 0.29) is 18.1 Å². The third kappa shape index (κ3) is 5.40. The fourth-order valence-electron chi connectivity index (χ4n) is 0.978. The van der Waals surface area contributed by atoms with Gasteiger partial charge in [0.05, 0.1) is 17.9 Å². The van der Waals surface area contributed by atoms with Gasteiger partial charge in [-0.3, -0.25) is 9.59 Å². The highest BCUT2D eigenvalue weighted by Crippen LogP contribution is 1.98. The fourth-order valence-corrected chi connectivity index (χ4v) is 1.54. The zero-order valence-corrected chi connectivity index (χ0v) is 9.33. The number of carboxylic acid groups (broad SMARTS) is 1. The number of nitrogens with one attached hydrogen (secondary N) is 1. The van der Waals surface area contributed by atoms with Gasteiger partial charge in [0.25, 0.3) is 0 Å². The summed E-state index contributed by atoms with van der Waals surface area (Å²) < 4.78 is 4.59. The number of rotatable bonds is 7. The van der Waals surface area contributed by atoms with E-state index in [1.54, 1.807) is 6.07 Å². The van der Waals surface area contributed by atoms with Crippen LogP contribution in [0.4, 0.5) is 0 Å². The Morgan fingerprint density at radius 3 is 3.00 bits per heavy atom. The molecule has 16 heavy (non-hydrogen) atoms. The fraction of sp³-hybridized carbons (Fsp3) is 0.444. The molecule has 1 aromatic heterocycles. The summed E-state index contributed by atoms with van der Waals surface area (Å²) >= 11 is 1.26. The van der Waals surface area contributed by atoms with E-state index in [2.05, 4.69) is 15.0 Å². The summed E-state index contributed by atoms with van der Waals surface area (Å²) in [5, 5.41) is 14.6. The van der Waals surface area contributed by atoms with E-state index in [9.17, 15) is 9.59 Å². The van der Waals surface area contributed by atoms with Crippen molar-refractivity contribution in [3.8, 4) is 0 Å². The molecule has 7 heteroatoms. The molecule has 1 heterocycles. The first kappa shape index (κ1) is 12.6. The summed E-state index contributed by atoms with van der Waals surface area (Å²) in [5.74, 6) is -0.362. The number of nitrogens with zero attached hydrogens (tertiary/aromatic N) is 1. The molecule has 1 aromatic rings. The van der Waals surface area contributed by atoms with Crippen molar-refractivity contribution < 1.29 is 19.2 Å². The lowest BCUT2D eigenvalue weighted by Gasteiger charge is -2.02. The largest absolute Gasteiger partial charge is 0.481 e. The van der Waals surface area contributed by atoms with Crippen LogP contribution in [-0.4, -0.2) is 40.2 Å². The van der Waals surface area contributed by atoms with Crippen molar-refractivity contribution in [3.63, 3.8) is 0 Å². The summed E-state index contributed by atoms with van der Waals surface area (Å²) in [7, 11) is 0. The van der Waals surface area contributed by atoms with Gasteiger partial charge in [0.2, 0.25) is 5.91 Å². The monoisotopic (exact) mass is 244 g/mol. The molecule has 0 aliphatic rings. The Hall–Kier alpha value is -1.50. The van der Waals surface area contributed by atoms with E-state index >= 15 is 0 Å². The van der Waals surface area contributed by atoms with Crippen LogP contribution >= 0.6 is 11.8 Å². The van der Waals surface area contributed by atoms with Crippen LogP contribution in [0.25, 0.3) is 0 Å². The molecule has 2 N–H and O–H groups in total. The minimum atomic E-state index is -0.848. The maximum absolute atomic E-state index is 11.3. The highest BCUT2D eigenvalue weighted by Gasteiger charge is 2.05. The molecule has 6 nitrogen and oxygen atoms in total. The molecule has 0 saturated heterocycles. The van der Waals surface area contributed by atoms with Crippen LogP contribution in [0.15, 0.2) is 16.9 Å². The molecule has 1 amide bonds. The van der Waals surface area contributed by atoms with Gasteiger partial charge < -0.3 is 14.9 Å². The SMILES string of the molecule is O=C(O)CSCCNC(=O)Cc1ccon1. The summed E-state index contributed by atoms with van der Waals surface area (Å²) in [6.07, 6.45) is 1.59. The van der Waals surface area contributed by atoms with Gasteiger partial charge in [0.1, 0.15) is 6.26 Å². The molecule has 1 rings (SSSR count). The van der Waals surface area contributed by atoms with Gasteiger partial charge in [-0.05, 0) is 0 Å². The third-order valence-corrected chi connectivity index (χ3v) is 2.57. The smallest absolute Gasteiger partial charge is 0.313 e. The number of aromatic nitrogens is 1. The average molecular weight is 244 g/mol. The van der Waals surface area contributed by atoms with Crippen molar-refractivity contribution in [2.24, 2.45) is 0 Å². The van der Waals surface area contributed by atoms with E-state index < -0.39 is 5.97 Å². The van der Waals surface area contributed by atoms with Crippen molar-refractivity contribution >= 4 is 23.6 Å². The van der Waals surface area contributed by atoms with Crippen LogP contribution in [0.5, 0.6) is 0 Å². The van der Waals surface area contributed by atoms with Crippen LogP contribution in [0, 0.1) is 0 Å². The molecule has 0 spiro atoms. The van der Waals surface area contributed by atoms with Crippen LogP contribution in [0.2, 0.25) is 0 Å². The van der Waals surface area contributed by atoms with Crippen LogP contribution in [-0.2, 0) is 16.0 Å². The van der Waals surface area contributed by atoms with E-state index in [1.807, 2.05) is 0 Å². The number of aliphatic carboxylic acids is 1. The minimum absolute atomic E-state index is 0.0547. The van der Waals surface area contributed by atoms with E-state index in [4.69, 9.17) is 5.11 Å². The predicted octanol–water partition coefficient (Wildman–Crippen LogP) is 0.151. The Kier molecular flexibility index (Phi) is 5.41. The summed E-state index contributed by atoms with van der Waals surface area (Å²) in [6.45, 7) is 0.453. The lowest BCUT2D eigenvalue weighted by molar-refractivity contribution is -0.133. The van der Waals surface area contributed by atoms with Gasteiger partial charge in [0, 0.05) is 18.4 Å². The second kappa shape index (κ2) is 6.89. The molecule has 0 radical (unpaired) electrons. The molecule has 0 saturated carbocycles. The minimum Gasteiger partial charge on any atom is -0.481 e. The van der Waals surface area contributed by atoms with Crippen LogP contribution < -0.4 is 5.32 Å². The van der Waals surface area contributed by atoms with Crippen LogP contribution in [0.1, 0.15) is 5.69 Å². The number of hydrogen-bond acceptors (Lipinski definition) is 5. The van der Waals surface area contributed by atoms with Crippen molar-refractivity contribution in [3.05, 3.63) is 18.0 Å². The second-order valence-corrected chi connectivity index (χ2v) is 4.07. The van der Waals surface area contributed by atoms with Gasteiger partial charge in [-0.15, -0.1) is 11.8 Å². The summed E-state index contributed by atoms with van der Waals surface area (Å²) in [4.78, 5) is 21.5. The van der Waals surface area contributed by atoms with Crippen molar-refractivity contribution in [1.82, 2.24) is 10.5 Å². The first-order chi connectivity index (χ1) is 7.68. The number of carbonyl (C=O) groups excluding carboxylic acids is 1. The maximum atomic E-state index is 11.3. The zero-order chi connectivity index (χ0) is 11.8. The summed E-state index contributed by atoms with van der Waals surface area (Å²) in [6, 6.07) is 1.62. The quantitative estimate of drug-likeness (QED) is 0.663. The van der Waals surface area contributed by atoms with Gasteiger partial charge in [-0.1, -0.05) is 5.16 Å². The van der Waals surface area contributed by atoms with Gasteiger partial charge >= 0.3 is 5.97 Å². The Morgan fingerprint density at radius 2 is 2.38 bits per heavy atom. The molecule has 0 aliphatic carbocycles. The topological polar surface area (TPSA) is 92.4 Å². The Bertz CT molecular complexity index is 339. The molecule has 88 valence electrons. The van der Waals surface area contributed by atoms with E-state index in [1.165, 1.54) is 18.0 Å². The van der Waals surface area contributed by atoms with Crippen molar-refractivity contribution in [1.29, 1.82) is 0 Å². The lowest BCUT2D eigenvalue weighted by Crippen LogP contribution is -2.27. The molecule has 0 unspecified atom stereocenters. The zero-order valence-electron chi connectivity index (χ0n) is 8.51. The predicted molar refractivity (Wildman–Crippen MR) is 58.2 cm³/mol. The standard InChI is InChI=1S/C9H12N2O4S/c12-8(5-7-1-3-15-11-7)10-2-4-16-6-9(13)14/h1,3H,2,4-6H2,(H,10,12)(H,13,14). The maximum Gasteiger partial charge on any atom is 0.313 e. The van der Waals surface area contributed by atoms with Gasteiger partial charge in [0.15, 0.2) is 0 Å². The molecule has 0 aliphatic heterocycles. The Labute approximate surface area is 96.4 Å². The van der Waals surface area contributed by atoms with Gasteiger partial charge in [-0.25, -0.2) is 0 Å². The second-order valence-electron chi connectivity index (χ2n) is 2.96. The lowest BCUT2D eigenvalue weighted by atomic mass is 10.3. The number of carbonyl (C=O) groups is 2. The van der Waals surface area contributed by atoms with E-state index in [0.29, 0.717) is 18.0 Å². The molecular formula is C9H12N2O4S. The first-order valence-corrected chi connectivity index (χ1v) is 5.79. The number of thioether (sulfide) groups is 1. The Balaban J connectivity index is 2.05. The van der Waals surface area contributed by atoms with Crippen LogP contribution in [0.3, 0.4) is 0 Å². The normalized spacial score (nSPS) is 10.0. The van der Waals surface area contributed by atoms with Gasteiger partial charge in [-0.2, -0.15) is 0 Å². The molecule has 0 fully saturated rings. The number of amides is 1. The molecule has 0 aromatic carbocycles. The highest BCUT2D eigenvalue weighted by atomic mass is 32.2. The molecular weight excluding hydrogens is 232 g/mol. The number of hydrogen-bond donors (Lipinski definition) is 2. The first-order valence-electron chi connectivity index (χ1n) is 4.64. The third-order valence-electron chi connectivity index (χ3n) is 1.63. The number of carboxylic acids is 1. The molecule has 0 bridgehead atoms. The summed E-state index contributed by atoms with van der Waals surface area (Å²) in [5.41, 5.74) is 0.579. The van der Waals surface area contributed by atoms with E-state index in [0.717, 1.165) is 0 Å². The molecule has 0 atom stereocenters. The van der Waals surface area contributed by atoms with Crippen molar-refractivity contribution in [2.75, 3.05) is 18.1 Å². The van der Waals surface area contributed by atoms with Crippen molar-refractivity contribution in [2.45, 2.75) is 6.42 Å². The Morgan fingerprint density at radius 1 is 1.56 bits per heavy atom. The average Bonchev–Trinajstić information content (AvgIpc) is 2.69. The highest BCUT2D eigenvalue weighted by molar-refractivity contribution is 7.99.